The van der Waals surface area contributed by atoms with Gasteiger partial charge in [0, 0.05) is 13.0 Å². The summed E-state index contributed by atoms with van der Waals surface area (Å²) in [4.78, 5) is 19.9. The Hall–Kier alpha value is -2.76. The Balaban J connectivity index is 1.71. The molecule has 0 saturated heterocycles. The zero-order valence-corrected chi connectivity index (χ0v) is 12.2. The highest BCUT2D eigenvalue weighted by Gasteiger charge is 2.22. The summed E-state index contributed by atoms with van der Waals surface area (Å²) >= 11 is 0. The third-order valence-electron chi connectivity index (χ3n) is 3.92. The van der Waals surface area contributed by atoms with E-state index in [9.17, 15) is 0 Å². The van der Waals surface area contributed by atoms with Crippen LogP contribution in [0.3, 0.4) is 0 Å². The Morgan fingerprint density at radius 2 is 1.95 bits per heavy atom. The van der Waals surface area contributed by atoms with Crippen LogP contribution in [0.25, 0.3) is 11.0 Å². The van der Waals surface area contributed by atoms with Crippen LogP contribution in [-0.4, -0.2) is 33.6 Å². The first-order valence-electron chi connectivity index (χ1n) is 7.18. The number of nitrogens with zero attached hydrogens (tertiary/aromatic N) is 5. The highest BCUT2D eigenvalue weighted by molar-refractivity contribution is 5.75. The molecule has 110 valence electrons. The normalized spacial score (nSPS) is 14.0. The van der Waals surface area contributed by atoms with Gasteiger partial charge in [0.25, 0.3) is 0 Å². The molecule has 0 fully saturated rings. The second-order valence-electron chi connectivity index (χ2n) is 5.20. The fraction of sp³-hybridized carbons (Fsp3) is 0.250. The molecule has 3 aromatic rings. The predicted octanol–water partition coefficient (Wildman–Crippen LogP) is 1.99. The summed E-state index contributed by atoms with van der Waals surface area (Å²) in [6.07, 6.45) is 4.23. The van der Waals surface area contributed by atoms with Gasteiger partial charge in [-0.15, -0.1) is 0 Å². The van der Waals surface area contributed by atoms with Gasteiger partial charge in [-0.3, -0.25) is 4.98 Å². The highest BCUT2D eigenvalue weighted by Crippen LogP contribution is 2.27. The van der Waals surface area contributed by atoms with Crippen LogP contribution in [0, 0.1) is 0 Å². The molecule has 1 aliphatic rings. The maximum Gasteiger partial charge on any atom is 0.221 e. The molecule has 0 bridgehead atoms. The lowest BCUT2D eigenvalue weighted by Crippen LogP contribution is -2.32. The molecular formula is C16H15N5O. The van der Waals surface area contributed by atoms with Crippen LogP contribution < -0.4 is 9.64 Å². The highest BCUT2D eigenvalue weighted by atomic mass is 16.5. The molecule has 0 aliphatic carbocycles. The minimum atomic E-state index is 0.642. The third kappa shape index (κ3) is 2.13. The Labute approximate surface area is 127 Å². The topological polar surface area (TPSA) is 64.0 Å². The van der Waals surface area contributed by atoms with Gasteiger partial charge in [0.15, 0.2) is 0 Å². The summed E-state index contributed by atoms with van der Waals surface area (Å²) in [5, 5.41) is 0. The molecule has 1 aliphatic heterocycles. The standard InChI is InChI=1S/C16H15N5O/c1-22-16-11-9-21(7-6-12(11)18-10-19-16)15-8-17-13-4-2-3-5-14(13)20-15/h2-5,8,10H,6-7,9H2,1H3. The van der Waals surface area contributed by atoms with Gasteiger partial charge in [-0.1, -0.05) is 12.1 Å². The van der Waals surface area contributed by atoms with Crippen molar-refractivity contribution < 1.29 is 4.74 Å². The van der Waals surface area contributed by atoms with Crippen molar-refractivity contribution in [2.24, 2.45) is 0 Å². The molecule has 0 spiro atoms. The SMILES string of the molecule is COc1ncnc2c1CN(c1cnc3ccccc3n1)CC2. The van der Waals surface area contributed by atoms with Gasteiger partial charge in [0.05, 0.1) is 42.1 Å². The van der Waals surface area contributed by atoms with Crippen molar-refractivity contribution in [1.29, 1.82) is 0 Å². The lowest BCUT2D eigenvalue weighted by atomic mass is 10.1. The zero-order chi connectivity index (χ0) is 14.9. The van der Waals surface area contributed by atoms with Crippen LogP contribution >= 0.6 is 0 Å². The summed E-state index contributed by atoms with van der Waals surface area (Å²) in [5.41, 5.74) is 3.90. The molecule has 6 nitrogen and oxygen atoms in total. The van der Waals surface area contributed by atoms with Crippen molar-refractivity contribution in [2.45, 2.75) is 13.0 Å². The first-order chi connectivity index (χ1) is 10.8. The number of ether oxygens (including phenoxy) is 1. The number of fused-ring (bicyclic) bond motifs is 2. The van der Waals surface area contributed by atoms with Crippen LogP contribution in [0.1, 0.15) is 11.3 Å². The molecule has 1 aromatic carbocycles. The lowest BCUT2D eigenvalue weighted by Gasteiger charge is -2.29. The van der Waals surface area contributed by atoms with Crippen LogP contribution in [0.2, 0.25) is 0 Å². The first-order valence-corrected chi connectivity index (χ1v) is 7.18. The Kier molecular flexibility index (Phi) is 3.07. The van der Waals surface area contributed by atoms with E-state index in [1.54, 1.807) is 13.4 Å². The van der Waals surface area contributed by atoms with E-state index in [0.717, 1.165) is 41.1 Å². The van der Waals surface area contributed by atoms with E-state index < -0.39 is 0 Å². The third-order valence-corrected chi connectivity index (χ3v) is 3.92. The van der Waals surface area contributed by atoms with Crippen molar-refractivity contribution >= 4 is 16.9 Å². The van der Waals surface area contributed by atoms with Crippen molar-refractivity contribution in [1.82, 2.24) is 19.9 Å². The number of hydrogen-bond donors (Lipinski definition) is 0. The summed E-state index contributed by atoms with van der Waals surface area (Å²) in [6.45, 7) is 1.55. The fourth-order valence-corrected chi connectivity index (χ4v) is 2.79. The van der Waals surface area contributed by atoms with E-state index in [1.165, 1.54) is 0 Å². The van der Waals surface area contributed by atoms with Crippen molar-refractivity contribution in [3.63, 3.8) is 0 Å². The summed E-state index contributed by atoms with van der Waals surface area (Å²) in [6, 6.07) is 7.89. The molecule has 4 rings (SSSR count). The molecule has 0 amide bonds. The van der Waals surface area contributed by atoms with Crippen LogP contribution in [0.4, 0.5) is 5.82 Å². The molecule has 0 atom stereocenters. The Bertz CT molecular complexity index is 821. The number of benzene rings is 1. The molecule has 22 heavy (non-hydrogen) atoms. The molecule has 6 heteroatoms. The fourth-order valence-electron chi connectivity index (χ4n) is 2.79. The molecule has 2 aromatic heterocycles. The monoisotopic (exact) mass is 293 g/mol. The number of para-hydroxylation sites is 2. The number of rotatable bonds is 2. The van der Waals surface area contributed by atoms with Crippen LogP contribution in [-0.2, 0) is 13.0 Å². The van der Waals surface area contributed by atoms with Crippen LogP contribution in [0.15, 0.2) is 36.8 Å². The van der Waals surface area contributed by atoms with Gasteiger partial charge in [0.1, 0.15) is 12.1 Å². The average Bonchev–Trinajstić information content (AvgIpc) is 2.60. The van der Waals surface area contributed by atoms with Gasteiger partial charge in [-0.05, 0) is 12.1 Å². The Morgan fingerprint density at radius 1 is 1.09 bits per heavy atom. The summed E-state index contributed by atoms with van der Waals surface area (Å²) < 4.78 is 5.35. The minimum absolute atomic E-state index is 0.642. The van der Waals surface area contributed by atoms with E-state index in [2.05, 4.69) is 19.9 Å². The van der Waals surface area contributed by atoms with Gasteiger partial charge < -0.3 is 9.64 Å². The molecule has 0 radical (unpaired) electrons. The number of anilines is 1. The van der Waals surface area contributed by atoms with Crippen molar-refractivity contribution in [2.75, 3.05) is 18.6 Å². The average molecular weight is 293 g/mol. The van der Waals surface area contributed by atoms with E-state index in [0.29, 0.717) is 12.4 Å². The number of hydrogen-bond acceptors (Lipinski definition) is 6. The molecule has 0 N–H and O–H groups in total. The predicted molar refractivity (Wildman–Crippen MR) is 82.9 cm³/mol. The molecule has 0 unspecified atom stereocenters. The maximum atomic E-state index is 5.35. The van der Waals surface area contributed by atoms with Crippen LogP contribution in [0.5, 0.6) is 5.88 Å². The molecule has 0 saturated carbocycles. The second kappa shape index (κ2) is 5.22. The molecule has 3 heterocycles. The van der Waals surface area contributed by atoms with Gasteiger partial charge in [-0.25, -0.2) is 15.0 Å². The maximum absolute atomic E-state index is 5.35. The van der Waals surface area contributed by atoms with E-state index in [-0.39, 0.29) is 0 Å². The smallest absolute Gasteiger partial charge is 0.221 e. The summed E-state index contributed by atoms with van der Waals surface area (Å²) in [7, 11) is 1.64. The second-order valence-corrected chi connectivity index (χ2v) is 5.20. The van der Waals surface area contributed by atoms with Gasteiger partial charge in [-0.2, -0.15) is 0 Å². The van der Waals surface area contributed by atoms with E-state index >= 15 is 0 Å². The zero-order valence-electron chi connectivity index (χ0n) is 12.2. The van der Waals surface area contributed by atoms with Gasteiger partial charge in [0.2, 0.25) is 5.88 Å². The van der Waals surface area contributed by atoms with Crippen molar-refractivity contribution in [3.05, 3.63) is 48.0 Å². The van der Waals surface area contributed by atoms with E-state index in [1.807, 2.05) is 30.5 Å². The minimum Gasteiger partial charge on any atom is -0.481 e. The molecular weight excluding hydrogens is 278 g/mol. The quantitative estimate of drug-likeness (QED) is 0.720. The van der Waals surface area contributed by atoms with E-state index in [4.69, 9.17) is 9.72 Å². The Morgan fingerprint density at radius 3 is 2.82 bits per heavy atom. The largest absolute Gasteiger partial charge is 0.481 e. The van der Waals surface area contributed by atoms with Gasteiger partial charge >= 0.3 is 0 Å². The first kappa shape index (κ1) is 12.9. The summed E-state index contributed by atoms with van der Waals surface area (Å²) in [5.74, 6) is 1.51. The number of aromatic nitrogens is 4. The van der Waals surface area contributed by atoms with Crippen molar-refractivity contribution in [3.8, 4) is 5.88 Å². The number of methoxy groups -OCH3 is 1. The lowest BCUT2D eigenvalue weighted by molar-refractivity contribution is 0.387.